The Morgan fingerprint density at radius 1 is 0.905 bits per heavy atom. The third kappa shape index (κ3) is 11.6. The lowest BCUT2D eigenvalue weighted by atomic mass is 10.0. The number of hydrogen-bond donors (Lipinski definition) is 4. The molecule has 3 saturated heterocycles. The van der Waals surface area contributed by atoms with E-state index in [9.17, 15) is 28.8 Å². The van der Waals surface area contributed by atoms with Gasteiger partial charge in [0, 0.05) is 18.5 Å². The maximum absolute atomic E-state index is 14.0. The molecule has 6 unspecified atom stereocenters. The highest BCUT2D eigenvalue weighted by Crippen LogP contribution is 2.39. The molecule has 3 aliphatic rings. The van der Waals surface area contributed by atoms with Gasteiger partial charge in [-0.2, -0.15) is 0 Å². The third-order valence-corrected chi connectivity index (χ3v) is 11.7. The number of rotatable bonds is 15. The van der Waals surface area contributed by atoms with E-state index in [2.05, 4.69) is 32.5 Å². The summed E-state index contributed by atoms with van der Waals surface area (Å²) in [6.07, 6.45) is 7.73. The second-order valence-electron chi connectivity index (χ2n) is 17.2. The average Bonchev–Trinajstić information content (AvgIpc) is 4.02. The van der Waals surface area contributed by atoms with Crippen LogP contribution in [-0.4, -0.2) is 125 Å². The molecule has 17 nitrogen and oxygen atoms in total. The molecule has 0 radical (unpaired) electrons. The number of likely N-dealkylation sites (tertiary alicyclic amines) is 2. The highest BCUT2D eigenvalue weighted by Gasteiger charge is 2.55. The van der Waals surface area contributed by atoms with Gasteiger partial charge in [-0.05, 0) is 68.6 Å². The van der Waals surface area contributed by atoms with Gasteiger partial charge in [-0.3, -0.25) is 19.2 Å². The Balaban J connectivity index is 1.24. The molecule has 2 aromatic rings. The molecule has 4 heterocycles. The molecule has 1 aromatic heterocycles. The van der Waals surface area contributed by atoms with E-state index >= 15 is 0 Å². The predicted octanol–water partition coefficient (Wildman–Crippen LogP) is 5.32. The molecule has 1 aromatic carbocycles. The molecule has 0 aliphatic carbocycles. The fourth-order valence-corrected chi connectivity index (χ4v) is 8.40. The summed E-state index contributed by atoms with van der Waals surface area (Å²) >= 11 is 0. The SMILES string of the molecule is C=CC(=CC=C(C)c1cnc(C2CCCN2C(=O)C(NC(=O)OC)C(C)C)[nH]1)c1ccc(C(=O)CNC(=O)C2CC3(CN2C(=O)C(NC(=O)OC)C(C)C)OC(C)CC(C)O3)cc1. The minimum atomic E-state index is -1.23. The first kappa shape index (κ1) is 48.2. The molecular formula is C46H63N7O10. The average molecular weight is 874 g/mol. The fourth-order valence-electron chi connectivity index (χ4n) is 8.40. The Bertz CT molecular complexity index is 2070. The van der Waals surface area contributed by atoms with E-state index in [1.807, 2.05) is 46.8 Å². The lowest BCUT2D eigenvalue weighted by Gasteiger charge is -2.40. The molecule has 17 heteroatoms. The number of ether oxygens (including phenoxy) is 4. The Hall–Kier alpha value is -5.81. The van der Waals surface area contributed by atoms with E-state index in [1.165, 1.54) is 19.1 Å². The zero-order valence-corrected chi connectivity index (χ0v) is 37.8. The molecule has 5 rings (SSSR count). The van der Waals surface area contributed by atoms with Crippen molar-refractivity contribution in [3.63, 3.8) is 0 Å². The number of nitrogens with one attached hydrogen (secondary N) is 4. The smallest absolute Gasteiger partial charge is 0.407 e. The fraction of sp³-hybridized carbons (Fsp3) is 0.543. The van der Waals surface area contributed by atoms with Crippen molar-refractivity contribution in [1.82, 2.24) is 35.7 Å². The van der Waals surface area contributed by atoms with Crippen LogP contribution in [0.15, 0.2) is 55.3 Å². The van der Waals surface area contributed by atoms with E-state index < -0.39 is 47.9 Å². The van der Waals surface area contributed by atoms with Gasteiger partial charge in [0.2, 0.25) is 17.7 Å². The van der Waals surface area contributed by atoms with Gasteiger partial charge >= 0.3 is 12.2 Å². The van der Waals surface area contributed by atoms with E-state index in [0.717, 1.165) is 35.2 Å². The zero-order valence-electron chi connectivity index (χ0n) is 37.8. The number of H-pyrrole nitrogens is 1. The number of hydrogen-bond acceptors (Lipinski definition) is 11. The first-order valence-electron chi connectivity index (χ1n) is 21.5. The zero-order chi connectivity index (χ0) is 46.2. The summed E-state index contributed by atoms with van der Waals surface area (Å²) in [5.74, 6) is -2.59. The van der Waals surface area contributed by atoms with Crippen LogP contribution in [0.1, 0.15) is 108 Å². The molecular weight excluding hydrogens is 811 g/mol. The summed E-state index contributed by atoms with van der Waals surface area (Å²) in [5.41, 5.74) is 3.64. The summed E-state index contributed by atoms with van der Waals surface area (Å²) in [4.78, 5) is 90.0. The van der Waals surface area contributed by atoms with Crippen molar-refractivity contribution >= 4 is 46.8 Å². The number of carbonyl (C=O) groups excluding carboxylic acids is 6. The van der Waals surface area contributed by atoms with E-state index in [1.54, 1.807) is 55.3 Å². The van der Waals surface area contributed by atoms with Crippen LogP contribution in [0.2, 0.25) is 0 Å². The molecule has 342 valence electrons. The molecule has 5 amide bonds. The number of carbonyl (C=O) groups is 6. The summed E-state index contributed by atoms with van der Waals surface area (Å²) in [5, 5.41) is 7.98. The molecule has 63 heavy (non-hydrogen) atoms. The van der Waals surface area contributed by atoms with E-state index in [0.29, 0.717) is 24.4 Å². The molecule has 4 N–H and O–H groups in total. The van der Waals surface area contributed by atoms with Crippen molar-refractivity contribution in [3.8, 4) is 0 Å². The van der Waals surface area contributed by atoms with Gasteiger partial charge < -0.3 is 49.7 Å². The summed E-state index contributed by atoms with van der Waals surface area (Å²) in [7, 11) is 2.47. The number of methoxy groups -OCH3 is 2. The molecule has 1 spiro atoms. The van der Waals surface area contributed by atoms with Crippen LogP contribution >= 0.6 is 0 Å². The summed E-state index contributed by atoms with van der Waals surface area (Å²) in [6, 6.07) is 3.95. The Kier molecular flexibility index (Phi) is 16.1. The second-order valence-corrected chi connectivity index (χ2v) is 17.2. The number of amides is 5. The predicted molar refractivity (Wildman–Crippen MR) is 235 cm³/mol. The number of Topliss-reactive ketones (excluding diaryl/α,β-unsaturated/α-hetero) is 1. The first-order chi connectivity index (χ1) is 29.9. The normalized spacial score (nSPS) is 23.7. The van der Waals surface area contributed by atoms with Crippen LogP contribution in [0, 0.1) is 11.8 Å². The third-order valence-electron chi connectivity index (χ3n) is 11.7. The monoisotopic (exact) mass is 873 g/mol. The van der Waals surface area contributed by atoms with Gasteiger partial charge in [0.1, 0.15) is 23.9 Å². The number of ketones is 1. The van der Waals surface area contributed by atoms with Gasteiger partial charge in [-0.25, -0.2) is 14.6 Å². The van der Waals surface area contributed by atoms with Crippen LogP contribution in [0.3, 0.4) is 0 Å². The Morgan fingerprint density at radius 3 is 2.03 bits per heavy atom. The lowest BCUT2D eigenvalue weighted by molar-refractivity contribution is -0.303. The van der Waals surface area contributed by atoms with Crippen molar-refractivity contribution in [2.75, 3.05) is 33.9 Å². The maximum atomic E-state index is 14.0. The number of nitrogens with zero attached hydrogens (tertiary/aromatic N) is 3. The van der Waals surface area contributed by atoms with Crippen LogP contribution in [-0.2, 0) is 33.3 Å². The number of imidazole rings is 1. The van der Waals surface area contributed by atoms with Gasteiger partial charge in [0.15, 0.2) is 11.6 Å². The number of aromatic nitrogens is 2. The quantitative estimate of drug-likeness (QED) is 0.133. The number of alkyl carbamates (subject to hydrolysis) is 2. The topological polar surface area (TPSA) is 211 Å². The highest BCUT2D eigenvalue weighted by molar-refractivity contribution is 6.01. The van der Waals surface area contributed by atoms with E-state index in [4.69, 9.17) is 18.9 Å². The van der Waals surface area contributed by atoms with Crippen molar-refractivity contribution in [1.29, 1.82) is 0 Å². The summed E-state index contributed by atoms with van der Waals surface area (Å²) in [6.45, 7) is 17.3. The van der Waals surface area contributed by atoms with Gasteiger partial charge in [-0.15, -0.1) is 0 Å². The minimum Gasteiger partial charge on any atom is -0.453 e. The number of benzene rings is 1. The van der Waals surface area contributed by atoms with Gasteiger partial charge in [-0.1, -0.05) is 76.8 Å². The van der Waals surface area contributed by atoms with E-state index in [-0.39, 0.29) is 61.3 Å². The standard InChI is InChI=1S/C46H63N7O10/c1-11-31(15-14-28(6)34-23-47-40(49-34)35-13-12-20-52(35)42(56)38(26(2)3)50-44(58)60-9)32-16-18-33(19-17-32)37(54)24-48-41(55)36-22-46(62-29(7)21-30(8)63-46)25-53(36)43(57)39(27(4)5)51-45(59)61-10/h11,14-19,23,26-27,29-30,35-36,38-39H,1,12-13,20-22,24-25H2,2-10H3,(H,47,49)(H,48,55)(H,50,58)(H,51,59). The second kappa shape index (κ2) is 21.0. The molecule has 3 fully saturated rings. The first-order valence-corrected chi connectivity index (χ1v) is 21.5. The van der Waals surface area contributed by atoms with Crippen molar-refractivity contribution < 1.29 is 47.7 Å². The number of aromatic amines is 1. The Labute approximate surface area is 369 Å². The van der Waals surface area contributed by atoms with Crippen LogP contribution < -0.4 is 16.0 Å². The minimum absolute atomic E-state index is 0.0316. The maximum Gasteiger partial charge on any atom is 0.407 e. The number of allylic oxidation sites excluding steroid dienone is 5. The lowest BCUT2D eigenvalue weighted by Crippen LogP contribution is -2.56. The molecule has 6 atom stereocenters. The van der Waals surface area contributed by atoms with Crippen molar-refractivity contribution in [3.05, 3.63) is 77.9 Å². The molecule has 3 aliphatic heterocycles. The summed E-state index contributed by atoms with van der Waals surface area (Å²) < 4.78 is 22.0. The van der Waals surface area contributed by atoms with Crippen molar-refractivity contribution in [2.24, 2.45) is 11.8 Å². The van der Waals surface area contributed by atoms with Gasteiger partial charge in [0.25, 0.3) is 0 Å². The van der Waals surface area contributed by atoms with Crippen LogP contribution in [0.5, 0.6) is 0 Å². The van der Waals surface area contributed by atoms with Gasteiger partial charge in [0.05, 0.1) is 57.4 Å². The van der Waals surface area contributed by atoms with Crippen LogP contribution in [0.25, 0.3) is 11.1 Å². The highest BCUT2D eigenvalue weighted by atomic mass is 16.7. The van der Waals surface area contributed by atoms with Crippen molar-refractivity contribution in [2.45, 2.75) is 116 Å². The van der Waals surface area contributed by atoms with Crippen LogP contribution in [0.4, 0.5) is 9.59 Å². The Morgan fingerprint density at radius 2 is 1.48 bits per heavy atom. The molecule has 0 bridgehead atoms. The molecule has 0 saturated carbocycles. The largest absolute Gasteiger partial charge is 0.453 e.